The molecule has 0 atom stereocenters. The number of benzene rings is 1. The van der Waals surface area contributed by atoms with Crippen molar-refractivity contribution in [1.82, 2.24) is 0 Å². The largest absolute Gasteiger partial charge is 0.398 e. The molecule has 0 saturated carbocycles. The van der Waals surface area contributed by atoms with E-state index in [9.17, 15) is 4.79 Å². The Morgan fingerprint density at radius 3 is 2.00 bits per heavy atom. The van der Waals surface area contributed by atoms with Gasteiger partial charge in [0.1, 0.15) is 0 Å². The number of Topliss-reactive ketones (excluding diaryl/α,β-unsaturated/α-hetero) is 1. The van der Waals surface area contributed by atoms with Gasteiger partial charge in [0.15, 0.2) is 5.78 Å². The van der Waals surface area contributed by atoms with Crippen LogP contribution in [0, 0.1) is 0 Å². The zero-order valence-electron chi connectivity index (χ0n) is 6.29. The Labute approximate surface area is 65.0 Å². The van der Waals surface area contributed by atoms with Crippen molar-refractivity contribution < 1.29 is 4.79 Å². The molecule has 1 rings (SSSR count). The van der Waals surface area contributed by atoms with Crippen LogP contribution in [0.1, 0.15) is 17.3 Å². The molecule has 0 unspecified atom stereocenters. The molecular formula is C8H10N2O. The molecule has 0 amide bonds. The molecule has 0 fully saturated rings. The van der Waals surface area contributed by atoms with Crippen molar-refractivity contribution in [2.24, 2.45) is 0 Å². The predicted octanol–water partition coefficient (Wildman–Crippen LogP) is 1.05. The van der Waals surface area contributed by atoms with Crippen LogP contribution in [0.4, 0.5) is 11.4 Å². The molecule has 0 radical (unpaired) electrons. The Hall–Kier alpha value is -1.51. The lowest BCUT2D eigenvalue weighted by molar-refractivity contribution is 0.101. The van der Waals surface area contributed by atoms with E-state index in [2.05, 4.69) is 0 Å². The quantitative estimate of drug-likeness (QED) is 0.464. The third kappa shape index (κ3) is 1.32. The molecule has 3 heteroatoms. The smallest absolute Gasteiger partial charge is 0.163 e. The second-order valence-corrected chi connectivity index (χ2v) is 2.37. The summed E-state index contributed by atoms with van der Waals surface area (Å²) in [5, 5.41) is 0. The summed E-state index contributed by atoms with van der Waals surface area (Å²) in [6.45, 7) is 1.45. The van der Waals surface area contributed by atoms with Crippen LogP contribution in [0.3, 0.4) is 0 Å². The molecule has 0 bridgehead atoms. The number of nitrogens with two attached hydrogens (primary N) is 2. The first-order chi connectivity index (χ1) is 5.13. The van der Waals surface area contributed by atoms with Gasteiger partial charge in [-0.2, -0.15) is 0 Å². The average Bonchev–Trinajstić information content (AvgIpc) is 1.85. The highest BCUT2D eigenvalue weighted by atomic mass is 16.1. The maximum absolute atomic E-state index is 10.9. The third-order valence-electron chi connectivity index (χ3n) is 1.48. The summed E-state index contributed by atoms with van der Waals surface area (Å²) in [6, 6.07) is 5.04. The van der Waals surface area contributed by atoms with Crippen LogP contribution in [0.2, 0.25) is 0 Å². The second-order valence-electron chi connectivity index (χ2n) is 2.37. The number of hydrogen-bond acceptors (Lipinski definition) is 3. The molecule has 11 heavy (non-hydrogen) atoms. The summed E-state index contributed by atoms with van der Waals surface area (Å²) in [5.41, 5.74) is 12.4. The molecule has 0 saturated heterocycles. The Morgan fingerprint density at radius 1 is 1.27 bits per heavy atom. The molecule has 58 valence electrons. The molecule has 0 spiro atoms. The zero-order chi connectivity index (χ0) is 8.43. The number of carbonyl (C=O) groups is 1. The highest BCUT2D eigenvalue weighted by Gasteiger charge is 2.06. The maximum atomic E-state index is 10.9. The number of hydrogen-bond donors (Lipinski definition) is 2. The van der Waals surface area contributed by atoms with Gasteiger partial charge in [0, 0.05) is 11.4 Å². The van der Waals surface area contributed by atoms with Gasteiger partial charge in [-0.25, -0.2) is 0 Å². The summed E-state index contributed by atoms with van der Waals surface area (Å²) >= 11 is 0. The molecule has 0 aliphatic carbocycles. The minimum Gasteiger partial charge on any atom is -0.398 e. The van der Waals surface area contributed by atoms with E-state index in [1.807, 2.05) is 0 Å². The molecule has 1 aromatic carbocycles. The Morgan fingerprint density at radius 2 is 1.73 bits per heavy atom. The van der Waals surface area contributed by atoms with E-state index in [-0.39, 0.29) is 5.78 Å². The number of rotatable bonds is 1. The van der Waals surface area contributed by atoms with Crippen LogP contribution < -0.4 is 11.5 Å². The van der Waals surface area contributed by atoms with E-state index in [0.717, 1.165) is 0 Å². The minimum atomic E-state index is -0.0967. The molecule has 0 aromatic heterocycles. The van der Waals surface area contributed by atoms with E-state index >= 15 is 0 Å². The highest BCUT2D eigenvalue weighted by molar-refractivity contribution is 6.03. The molecule has 1 aromatic rings. The van der Waals surface area contributed by atoms with Gasteiger partial charge >= 0.3 is 0 Å². The van der Waals surface area contributed by atoms with Gasteiger partial charge in [-0.15, -0.1) is 0 Å². The molecule has 0 aliphatic heterocycles. The minimum absolute atomic E-state index is 0.0967. The summed E-state index contributed by atoms with van der Waals surface area (Å²) in [7, 11) is 0. The lowest BCUT2D eigenvalue weighted by Gasteiger charge is -2.03. The molecule has 4 N–H and O–H groups in total. The van der Waals surface area contributed by atoms with E-state index in [4.69, 9.17) is 11.5 Å². The standard InChI is InChI=1S/C8H10N2O/c1-5(11)8-6(9)3-2-4-7(8)10/h2-4H,9-10H2,1H3. The number of anilines is 2. The fraction of sp³-hybridized carbons (Fsp3) is 0.125. The van der Waals surface area contributed by atoms with Crippen LogP contribution in [0.5, 0.6) is 0 Å². The summed E-state index contributed by atoms with van der Waals surface area (Å²) in [5.74, 6) is -0.0967. The van der Waals surface area contributed by atoms with Gasteiger partial charge in [0.2, 0.25) is 0 Å². The van der Waals surface area contributed by atoms with Crippen molar-refractivity contribution in [2.45, 2.75) is 6.92 Å². The first kappa shape index (κ1) is 7.60. The van der Waals surface area contributed by atoms with E-state index in [1.165, 1.54) is 6.92 Å². The van der Waals surface area contributed by atoms with Gasteiger partial charge in [0.05, 0.1) is 5.56 Å². The van der Waals surface area contributed by atoms with Crippen molar-refractivity contribution in [3.63, 3.8) is 0 Å². The van der Waals surface area contributed by atoms with Crippen LogP contribution in [-0.2, 0) is 0 Å². The van der Waals surface area contributed by atoms with Gasteiger partial charge in [-0.3, -0.25) is 4.79 Å². The Balaban J connectivity index is 3.32. The monoisotopic (exact) mass is 150 g/mol. The molecular weight excluding hydrogens is 140 g/mol. The predicted molar refractivity (Wildman–Crippen MR) is 45.3 cm³/mol. The summed E-state index contributed by atoms with van der Waals surface area (Å²) < 4.78 is 0. The van der Waals surface area contributed by atoms with Crippen molar-refractivity contribution in [3.8, 4) is 0 Å². The van der Waals surface area contributed by atoms with Gasteiger partial charge in [-0.1, -0.05) is 6.07 Å². The number of ketones is 1. The first-order valence-corrected chi connectivity index (χ1v) is 3.28. The third-order valence-corrected chi connectivity index (χ3v) is 1.48. The number of nitrogen functional groups attached to an aromatic ring is 2. The van der Waals surface area contributed by atoms with Gasteiger partial charge in [-0.05, 0) is 19.1 Å². The van der Waals surface area contributed by atoms with E-state index in [1.54, 1.807) is 18.2 Å². The van der Waals surface area contributed by atoms with Crippen molar-refractivity contribution in [3.05, 3.63) is 23.8 Å². The average molecular weight is 150 g/mol. The molecule has 3 nitrogen and oxygen atoms in total. The van der Waals surface area contributed by atoms with Crippen LogP contribution in [0.15, 0.2) is 18.2 Å². The normalized spacial score (nSPS) is 9.55. The van der Waals surface area contributed by atoms with Gasteiger partial charge < -0.3 is 11.5 Å². The zero-order valence-corrected chi connectivity index (χ0v) is 6.29. The summed E-state index contributed by atoms with van der Waals surface area (Å²) in [6.07, 6.45) is 0. The lowest BCUT2D eigenvalue weighted by Crippen LogP contribution is -2.03. The topological polar surface area (TPSA) is 69.1 Å². The molecule has 0 aliphatic rings. The second kappa shape index (κ2) is 2.62. The number of carbonyl (C=O) groups excluding carboxylic acids is 1. The van der Waals surface area contributed by atoms with Crippen LogP contribution >= 0.6 is 0 Å². The Kier molecular flexibility index (Phi) is 1.81. The van der Waals surface area contributed by atoms with Crippen LogP contribution in [0.25, 0.3) is 0 Å². The fourth-order valence-corrected chi connectivity index (χ4v) is 0.995. The first-order valence-electron chi connectivity index (χ1n) is 3.28. The van der Waals surface area contributed by atoms with Crippen molar-refractivity contribution in [1.29, 1.82) is 0 Å². The Bertz CT molecular complexity index is 274. The van der Waals surface area contributed by atoms with Crippen LogP contribution in [-0.4, -0.2) is 5.78 Å². The lowest BCUT2D eigenvalue weighted by atomic mass is 10.1. The maximum Gasteiger partial charge on any atom is 0.163 e. The highest BCUT2D eigenvalue weighted by Crippen LogP contribution is 2.18. The van der Waals surface area contributed by atoms with Crippen molar-refractivity contribution >= 4 is 17.2 Å². The van der Waals surface area contributed by atoms with Crippen molar-refractivity contribution in [2.75, 3.05) is 11.5 Å². The fourth-order valence-electron chi connectivity index (χ4n) is 0.995. The van der Waals surface area contributed by atoms with E-state index < -0.39 is 0 Å². The SMILES string of the molecule is CC(=O)c1c(N)cccc1N. The molecule has 0 heterocycles. The van der Waals surface area contributed by atoms with Gasteiger partial charge in [0.25, 0.3) is 0 Å². The summed E-state index contributed by atoms with van der Waals surface area (Å²) in [4.78, 5) is 10.9. The van der Waals surface area contributed by atoms with E-state index in [0.29, 0.717) is 16.9 Å².